The Hall–Kier alpha value is -0.860. The quantitative estimate of drug-likeness (QED) is 0.692. The number of hydrogen-bond acceptors (Lipinski definition) is 1. The molecular weight excluding hydrogens is 310 g/mol. The first-order valence-electron chi connectivity index (χ1n) is 6.13. The van der Waals surface area contributed by atoms with E-state index in [0.29, 0.717) is 0 Å². The van der Waals surface area contributed by atoms with Crippen molar-refractivity contribution in [1.82, 2.24) is 4.98 Å². The van der Waals surface area contributed by atoms with E-state index in [-0.39, 0.29) is 0 Å². The Labute approximate surface area is 120 Å². The monoisotopic (exact) mass is 321 g/mol. The average Bonchev–Trinajstić information content (AvgIpc) is 2.32. The highest BCUT2D eigenvalue weighted by Gasteiger charge is 2.13. The minimum atomic E-state index is 0.832. The molecule has 92 valence electrons. The second-order valence-electron chi connectivity index (χ2n) is 4.70. The normalized spacial score (nSPS) is 14.3. The van der Waals surface area contributed by atoms with Gasteiger partial charge in [0.2, 0.25) is 0 Å². The molecule has 1 aliphatic carbocycles. The number of nitrogens with zero attached hydrogens (tertiary/aromatic N) is 1. The van der Waals surface area contributed by atoms with E-state index in [9.17, 15) is 0 Å². The number of aryl methyl sites for hydroxylation is 2. The highest BCUT2D eigenvalue weighted by molar-refractivity contribution is 9.10. The molecule has 0 aliphatic heterocycles. The Morgan fingerprint density at radius 3 is 2.78 bits per heavy atom. The van der Waals surface area contributed by atoms with Gasteiger partial charge >= 0.3 is 0 Å². The Bertz CT molecular complexity index is 544. The molecule has 0 amide bonds. The first-order valence-corrected chi connectivity index (χ1v) is 7.30. The van der Waals surface area contributed by atoms with Crippen LogP contribution in [-0.2, 0) is 19.3 Å². The summed E-state index contributed by atoms with van der Waals surface area (Å²) in [5.74, 6) is 0. The fourth-order valence-corrected chi connectivity index (χ4v) is 3.11. The Morgan fingerprint density at radius 2 is 1.89 bits per heavy atom. The van der Waals surface area contributed by atoms with Crippen molar-refractivity contribution in [2.45, 2.75) is 25.7 Å². The number of rotatable bonds is 0. The van der Waals surface area contributed by atoms with Gasteiger partial charge in [0.1, 0.15) is 0 Å². The van der Waals surface area contributed by atoms with Gasteiger partial charge in [0.15, 0.2) is 0 Å². The summed E-state index contributed by atoms with van der Waals surface area (Å²) in [5.41, 5.74) is 5.29. The SMILES string of the molecule is Clc1ccc2c(c1)CCCc1cc(Br)cnc1C2. The molecule has 3 heteroatoms. The average molecular weight is 323 g/mol. The molecule has 0 atom stereocenters. The van der Waals surface area contributed by atoms with Crippen LogP contribution in [0.4, 0.5) is 0 Å². The molecule has 0 fully saturated rings. The summed E-state index contributed by atoms with van der Waals surface area (Å²) < 4.78 is 1.07. The van der Waals surface area contributed by atoms with Gasteiger partial charge < -0.3 is 0 Å². The van der Waals surface area contributed by atoms with Crippen LogP contribution in [0.2, 0.25) is 5.02 Å². The van der Waals surface area contributed by atoms with Gasteiger partial charge in [0.25, 0.3) is 0 Å². The molecule has 0 unspecified atom stereocenters. The third-order valence-corrected chi connectivity index (χ3v) is 4.11. The zero-order valence-corrected chi connectivity index (χ0v) is 12.3. The minimum Gasteiger partial charge on any atom is -0.259 e. The maximum Gasteiger partial charge on any atom is 0.0480 e. The first-order chi connectivity index (χ1) is 8.72. The van der Waals surface area contributed by atoms with E-state index in [1.807, 2.05) is 12.3 Å². The van der Waals surface area contributed by atoms with Crippen molar-refractivity contribution in [3.05, 3.63) is 62.3 Å². The molecule has 0 spiro atoms. The molecule has 3 rings (SSSR count). The first kappa shape index (κ1) is 12.2. The molecule has 18 heavy (non-hydrogen) atoms. The summed E-state index contributed by atoms with van der Waals surface area (Å²) in [6.07, 6.45) is 6.14. The van der Waals surface area contributed by atoms with Crippen LogP contribution in [0.15, 0.2) is 34.9 Å². The number of pyridine rings is 1. The van der Waals surface area contributed by atoms with E-state index in [4.69, 9.17) is 11.6 Å². The fourth-order valence-electron chi connectivity index (χ4n) is 2.53. The lowest BCUT2D eigenvalue weighted by Crippen LogP contribution is -2.06. The molecule has 0 saturated carbocycles. The summed E-state index contributed by atoms with van der Waals surface area (Å²) in [7, 11) is 0. The molecule has 0 N–H and O–H groups in total. The number of fused-ring (bicyclic) bond motifs is 2. The Kier molecular flexibility index (Phi) is 3.40. The van der Waals surface area contributed by atoms with E-state index in [2.05, 4.69) is 39.1 Å². The van der Waals surface area contributed by atoms with Gasteiger partial charge in [-0.05, 0) is 70.1 Å². The largest absolute Gasteiger partial charge is 0.259 e. The molecule has 1 aliphatic rings. The summed E-state index contributed by atoms with van der Waals surface area (Å²) in [6, 6.07) is 8.40. The van der Waals surface area contributed by atoms with Crippen LogP contribution in [0.25, 0.3) is 0 Å². The highest BCUT2D eigenvalue weighted by atomic mass is 79.9. The van der Waals surface area contributed by atoms with Gasteiger partial charge in [-0.3, -0.25) is 4.98 Å². The Balaban J connectivity index is 2.05. The molecule has 1 aromatic carbocycles. The second-order valence-corrected chi connectivity index (χ2v) is 6.05. The van der Waals surface area contributed by atoms with Crippen LogP contribution >= 0.6 is 27.5 Å². The smallest absolute Gasteiger partial charge is 0.0480 e. The van der Waals surface area contributed by atoms with Crippen LogP contribution in [0.1, 0.15) is 28.8 Å². The van der Waals surface area contributed by atoms with Crippen LogP contribution in [0, 0.1) is 0 Å². The second kappa shape index (κ2) is 5.02. The summed E-state index contributed by atoms with van der Waals surface area (Å²) in [5, 5.41) is 0.832. The standard InChI is InChI=1S/C15H13BrClN/c16-13-6-12-3-1-2-10-7-14(17)5-4-11(10)8-15(12)18-9-13/h4-7,9H,1-3,8H2. The summed E-state index contributed by atoms with van der Waals surface area (Å²) in [4.78, 5) is 4.56. The lowest BCUT2D eigenvalue weighted by atomic mass is 9.91. The molecule has 0 bridgehead atoms. The van der Waals surface area contributed by atoms with Crippen LogP contribution in [0.3, 0.4) is 0 Å². The van der Waals surface area contributed by atoms with Crippen molar-refractivity contribution in [2.75, 3.05) is 0 Å². The zero-order valence-electron chi connectivity index (χ0n) is 9.92. The third-order valence-electron chi connectivity index (χ3n) is 3.44. The topological polar surface area (TPSA) is 12.9 Å². The van der Waals surface area contributed by atoms with Crippen LogP contribution in [-0.4, -0.2) is 4.98 Å². The predicted octanol–water partition coefficient (Wildman–Crippen LogP) is 4.58. The van der Waals surface area contributed by atoms with Crippen molar-refractivity contribution in [3.8, 4) is 0 Å². The van der Waals surface area contributed by atoms with Crippen molar-refractivity contribution in [2.24, 2.45) is 0 Å². The maximum absolute atomic E-state index is 6.07. The van der Waals surface area contributed by atoms with E-state index in [1.165, 1.54) is 22.4 Å². The maximum atomic E-state index is 6.07. The number of halogens is 2. The number of benzene rings is 1. The van der Waals surface area contributed by atoms with Crippen molar-refractivity contribution in [3.63, 3.8) is 0 Å². The molecular formula is C15H13BrClN. The van der Waals surface area contributed by atoms with Gasteiger partial charge in [-0.15, -0.1) is 0 Å². The van der Waals surface area contributed by atoms with Gasteiger partial charge in [0, 0.05) is 27.8 Å². The predicted molar refractivity (Wildman–Crippen MR) is 78.2 cm³/mol. The minimum absolute atomic E-state index is 0.832. The van der Waals surface area contributed by atoms with Gasteiger partial charge in [0.05, 0.1) is 0 Å². The van der Waals surface area contributed by atoms with Gasteiger partial charge in [-0.1, -0.05) is 17.7 Å². The van der Waals surface area contributed by atoms with E-state index >= 15 is 0 Å². The summed E-state index contributed by atoms with van der Waals surface area (Å²) in [6.45, 7) is 0. The van der Waals surface area contributed by atoms with Crippen LogP contribution < -0.4 is 0 Å². The molecule has 1 nitrogen and oxygen atoms in total. The molecule has 0 radical (unpaired) electrons. The molecule has 0 saturated heterocycles. The lowest BCUT2D eigenvalue weighted by molar-refractivity contribution is 0.777. The molecule has 1 heterocycles. The van der Waals surface area contributed by atoms with Crippen molar-refractivity contribution < 1.29 is 0 Å². The van der Waals surface area contributed by atoms with Gasteiger partial charge in [-0.2, -0.15) is 0 Å². The highest BCUT2D eigenvalue weighted by Crippen LogP contribution is 2.26. The van der Waals surface area contributed by atoms with Gasteiger partial charge in [-0.25, -0.2) is 0 Å². The van der Waals surface area contributed by atoms with Crippen LogP contribution in [0.5, 0.6) is 0 Å². The molecule has 1 aromatic heterocycles. The van der Waals surface area contributed by atoms with Crippen molar-refractivity contribution >= 4 is 27.5 Å². The number of hydrogen-bond donors (Lipinski definition) is 0. The summed E-state index contributed by atoms with van der Waals surface area (Å²) >= 11 is 9.57. The Morgan fingerprint density at radius 1 is 1.06 bits per heavy atom. The van der Waals surface area contributed by atoms with E-state index in [0.717, 1.165) is 35.2 Å². The number of aromatic nitrogens is 1. The zero-order chi connectivity index (χ0) is 12.5. The third kappa shape index (κ3) is 2.45. The van der Waals surface area contributed by atoms with E-state index < -0.39 is 0 Å². The van der Waals surface area contributed by atoms with Crippen molar-refractivity contribution in [1.29, 1.82) is 0 Å². The fraction of sp³-hybridized carbons (Fsp3) is 0.267. The van der Waals surface area contributed by atoms with E-state index in [1.54, 1.807) is 0 Å². The molecule has 2 aromatic rings. The lowest BCUT2D eigenvalue weighted by Gasteiger charge is -2.16.